The van der Waals surface area contributed by atoms with Crippen molar-refractivity contribution in [3.8, 4) is 5.75 Å². The number of benzene rings is 1. The van der Waals surface area contributed by atoms with Gasteiger partial charge in [0.15, 0.2) is 5.69 Å². The third-order valence-corrected chi connectivity index (χ3v) is 4.03. The summed E-state index contributed by atoms with van der Waals surface area (Å²) in [5.74, 6) is -0.993. The quantitative estimate of drug-likeness (QED) is 0.751. The third-order valence-electron chi connectivity index (χ3n) is 4.03. The molecular formula is C18H19N3O5. The SMILES string of the molecule is CCOC(=O)c1nc2n(c(=O)c1OCc1ccccc1)CCC(=O)N2C. The Morgan fingerprint density at radius 3 is 2.65 bits per heavy atom. The fourth-order valence-corrected chi connectivity index (χ4v) is 2.67. The molecule has 1 aliphatic heterocycles. The molecule has 136 valence electrons. The normalized spacial score (nSPS) is 13.3. The minimum absolute atomic E-state index is 0.109. The molecule has 1 aliphatic rings. The maximum absolute atomic E-state index is 12.9. The number of hydrogen-bond donors (Lipinski definition) is 0. The van der Waals surface area contributed by atoms with Gasteiger partial charge in [0.25, 0.3) is 5.56 Å². The van der Waals surface area contributed by atoms with Crippen LogP contribution in [-0.2, 0) is 22.7 Å². The van der Waals surface area contributed by atoms with Crippen molar-refractivity contribution in [1.82, 2.24) is 9.55 Å². The number of nitrogens with zero attached hydrogens (tertiary/aromatic N) is 3. The summed E-state index contributed by atoms with van der Waals surface area (Å²) in [6.07, 6.45) is 0.183. The average molecular weight is 357 g/mol. The molecule has 0 bridgehead atoms. The Kier molecular flexibility index (Phi) is 5.01. The van der Waals surface area contributed by atoms with E-state index in [9.17, 15) is 14.4 Å². The topological polar surface area (TPSA) is 90.7 Å². The van der Waals surface area contributed by atoms with Crippen LogP contribution in [-0.4, -0.2) is 35.1 Å². The Labute approximate surface area is 150 Å². The average Bonchev–Trinajstić information content (AvgIpc) is 2.65. The van der Waals surface area contributed by atoms with Gasteiger partial charge in [0.1, 0.15) is 6.61 Å². The second-order valence-corrected chi connectivity index (χ2v) is 5.74. The summed E-state index contributed by atoms with van der Waals surface area (Å²) in [4.78, 5) is 42.5. The Balaban J connectivity index is 2.04. The van der Waals surface area contributed by atoms with Gasteiger partial charge >= 0.3 is 5.97 Å². The lowest BCUT2D eigenvalue weighted by Crippen LogP contribution is -2.41. The number of carbonyl (C=O) groups is 2. The lowest BCUT2D eigenvalue weighted by Gasteiger charge is -2.26. The molecular weight excluding hydrogens is 338 g/mol. The number of fused-ring (bicyclic) bond motifs is 1. The zero-order valence-electron chi connectivity index (χ0n) is 14.6. The highest BCUT2D eigenvalue weighted by molar-refractivity contribution is 5.94. The van der Waals surface area contributed by atoms with Crippen LogP contribution in [0, 0.1) is 0 Å². The van der Waals surface area contributed by atoms with Crippen molar-refractivity contribution in [2.45, 2.75) is 26.5 Å². The predicted octanol–water partition coefficient (Wildman–Crippen LogP) is 1.37. The first-order chi connectivity index (χ1) is 12.5. The van der Waals surface area contributed by atoms with Crippen LogP contribution in [0.4, 0.5) is 5.95 Å². The van der Waals surface area contributed by atoms with Crippen molar-refractivity contribution in [1.29, 1.82) is 0 Å². The van der Waals surface area contributed by atoms with E-state index >= 15 is 0 Å². The standard InChI is InChI=1S/C18H19N3O5/c1-3-25-17(24)14-15(26-11-12-7-5-4-6-8-12)16(23)21-10-9-13(22)20(2)18(21)19-14/h4-8H,3,9-11H2,1-2H3. The smallest absolute Gasteiger partial charge is 0.361 e. The van der Waals surface area contributed by atoms with Crippen LogP contribution in [0.1, 0.15) is 29.4 Å². The first-order valence-electron chi connectivity index (χ1n) is 8.28. The van der Waals surface area contributed by atoms with Gasteiger partial charge in [-0.2, -0.15) is 0 Å². The van der Waals surface area contributed by atoms with E-state index in [4.69, 9.17) is 9.47 Å². The fourth-order valence-electron chi connectivity index (χ4n) is 2.67. The van der Waals surface area contributed by atoms with Crippen LogP contribution in [0.25, 0.3) is 0 Å². The molecule has 0 atom stereocenters. The van der Waals surface area contributed by atoms with Crippen molar-refractivity contribution in [2.75, 3.05) is 18.6 Å². The maximum Gasteiger partial charge on any atom is 0.361 e. The van der Waals surface area contributed by atoms with Crippen LogP contribution < -0.4 is 15.2 Å². The molecule has 26 heavy (non-hydrogen) atoms. The van der Waals surface area contributed by atoms with Gasteiger partial charge in [-0.3, -0.25) is 19.1 Å². The molecule has 0 N–H and O–H groups in total. The highest BCUT2D eigenvalue weighted by Gasteiger charge is 2.30. The van der Waals surface area contributed by atoms with Gasteiger partial charge in [0, 0.05) is 20.0 Å². The maximum atomic E-state index is 12.9. The summed E-state index contributed by atoms with van der Waals surface area (Å²) in [5, 5.41) is 0. The Bertz CT molecular complexity index is 892. The van der Waals surface area contributed by atoms with Crippen molar-refractivity contribution >= 4 is 17.8 Å². The first-order valence-corrected chi connectivity index (χ1v) is 8.28. The molecule has 1 aromatic carbocycles. The fraction of sp³-hybridized carbons (Fsp3) is 0.333. The Morgan fingerprint density at radius 2 is 1.96 bits per heavy atom. The van der Waals surface area contributed by atoms with E-state index in [0.29, 0.717) is 0 Å². The van der Waals surface area contributed by atoms with Crippen LogP contribution in [0.2, 0.25) is 0 Å². The number of rotatable bonds is 5. The Morgan fingerprint density at radius 1 is 1.23 bits per heavy atom. The van der Waals surface area contributed by atoms with Crippen LogP contribution in [0.15, 0.2) is 35.1 Å². The summed E-state index contributed by atoms with van der Waals surface area (Å²) in [5.41, 5.74) is 0.116. The van der Waals surface area contributed by atoms with Gasteiger partial charge in [-0.05, 0) is 12.5 Å². The molecule has 3 rings (SSSR count). The summed E-state index contributed by atoms with van der Waals surface area (Å²) in [6.45, 7) is 2.09. The molecule has 0 saturated heterocycles. The number of aromatic nitrogens is 2. The van der Waals surface area contributed by atoms with Gasteiger partial charge in [-0.25, -0.2) is 9.78 Å². The molecule has 2 heterocycles. The number of esters is 1. The van der Waals surface area contributed by atoms with E-state index in [1.165, 1.54) is 16.5 Å². The second-order valence-electron chi connectivity index (χ2n) is 5.74. The molecule has 2 aromatic rings. The zero-order chi connectivity index (χ0) is 18.7. The minimum Gasteiger partial charge on any atom is -0.481 e. The highest BCUT2D eigenvalue weighted by Crippen LogP contribution is 2.22. The van der Waals surface area contributed by atoms with Crippen molar-refractivity contribution < 1.29 is 19.1 Å². The van der Waals surface area contributed by atoms with Gasteiger partial charge < -0.3 is 9.47 Å². The molecule has 0 saturated carbocycles. The third kappa shape index (κ3) is 3.30. The number of amides is 1. The van der Waals surface area contributed by atoms with Crippen molar-refractivity contribution in [2.24, 2.45) is 0 Å². The van der Waals surface area contributed by atoms with Gasteiger partial charge in [0.05, 0.1) is 6.61 Å². The van der Waals surface area contributed by atoms with Crippen molar-refractivity contribution in [3.63, 3.8) is 0 Å². The van der Waals surface area contributed by atoms with Crippen LogP contribution in [0.5, 0.6) is 5.75 Å². The molecule has 1 amide bonds. The van der Waals surface area contributed by atoms with Crippen LogP contribution >= 0.6 is 0 Å². The number of carbonyl (C=O) groups excluding carboxylic acids is 2. The largest absolute Gasteiger partial charge is 0.481 e. The summed E-state index contributed by atoms with van der Waals surface area (Å²) < 4.78 is 12.0. The predicted molar refractivity (Wildman–Crippen MR) is 93.3 cm³/mol. The number of ether oxygens (including phenoxy) is 2. The number of anilines is 1. The summed E-state index contributed by atoms with van der Waals surface area (Å²) >= 11 is 0. The first kappa shape index (κ1) is 17.7. The highest BCUT2D eigenvalue weighted by atomic mass is 16.5. The number of hydrogen-bond acceptors (Lipinski definition) is 6. The van der Waals surface area contributed by atoms with Crippen LogP contribution in [0.3, 0.4) is 0 Å². The molecule has 0 fully saturated rings. The molecule has 0 radical (unpaired) electrons. The monoisotopic (exact) mass is 357 g/mol. The van der Waals surface area contributed by atoms with E-state index in [1.807, 2.05) is 30.3 Å². The molecule has 8 heteroatoms. The molecule has 0 spiro atoms. The van der Waals surface area contributed by atoms with E-state index in [1.54, 1.807) is 6.92 Å². The second kappa shape index (κ2) is 7.38. The summed E-state index contributed by atoms with van der Waals surface area (Å²) in [7, 11) is 1.51. The van der Waals surface area contributed by atoms with Gasteiger partial charge in [-0.1, -0.05) is 30.3 Å². The van der Waals surface area contributed by atoms with E-state index in [2.05, 4.69) is 4.98 Å². The molecule has 8 nitrogen and oxygen atoms in total. The van der Waals surface area contributed by atoms with Gasteiger partial charge in [-0.15, -0.1) is 0 Å². The molecule has 1 aromatic heterocycles. The Hall–Kier alpha value is -3.16. The lowest BCUT2D eigenvalue weighted by atomic mass is 10.2. The van der Waals surface area contributed by atoms with E-state index in [0.717, 1.165) is 5.56 Å². The minimum atomic E-state index is -0.762. The zero-order valence-corrected chi connectivity index (χ0v) is 14.6. The summed E-state index contributed by atoms with van der Waals surface area (Å²) in [6, 6.07) is 9.27. The van der Waals surface area contributed by atoms with Gasteiger partial charge in [0.2, 0.25) is 17.6 Å². The van der Waals surface area contributed by atoms with Crippen molar-refractivity contribution in [3.05, 3.63) is 51.9 Å². The molecule has 0 aliphatic carbocycles. The lowest BCUT2D eigenvalue weighted by molar-refractivity contribution is -0.119. The van der Waals surface area contributed by atoms with E-state index in [-0.39, 0.29) is 49.5 Å². The molecule has 0 unspecified atom stereocenters. The van der Waals surface area contributed by atoms with E-state index < -0.39 is 11.5 Å².